The minimum absolute atomic E-state index is 0.0736. The third-order valence-corrected chi connectivity index (χ3v) is 5.02. The predicted molar refractivity (Wildman–Crippen MR) is 104 cm³/mol. The molecule has 0 spiro atoms. The zero-order chi connectivity index (χ0) is 18.5. The van der Waals surface area contributed by atoms with E-state index in [1.807, 2.05) is 61.1 Å². The summed E-state index contributed by atoms with van der Waals surface area (Å²) in [5, 5.41) is 7.26. The van der Waals surface area contributed by atoms with Crippen LogP contribution >= 0.6 is 0 Å². The average molecular weight is 361 g/mol. The van der Waals surface area contributed by atoms with Gasteiger partial charge in [-0.1, -0.05) is 0 Å². The number of carbonyl (C=O) groups excluding carboxylic acids is 1. The number of likely N-dealkylation sites (tertiary alicyclic amines) is 1. The van der Waals surface area contributed by atoms with Crippen molar-refractivity contribution in [1.29, 1.82) is 0 Å². The minimum atomic E-state index is 0.0736. The van der Waals surface area contributed by atoms with Crippen molar-refractivity contribution in [3.8, 4) is 5.69 Å². The molecule has 1 saturated heterocycles. The number of amides is 1. The topological polar surface area (TPSA) is 63.1 Å². The van der Waals surface area contributed by atoms with Gasteiger partial charge in [-0.3, -0.25) is 14.7 Å². The molecule has 27 heavy (non-hydrogen) atoms. The lowest BCUT2D eigenvalue weighted by atomic mass is 9.95. The van der Waals surface area contributed by atoms with Gasteiger partial charge in [-0.15, -0.1) is 0 Å². The summed E-state index contributed by atoms with van der Waals surface area (Å²) >= 11 is 0. The van der Waals surface area contributed by atoms with Gasteiger partial charge in [0.15, 0.2) is 0 Å². The summed E-state index contributed by atoms with van der Waals surface area (Å²) in [6, 6.07) is 13.7. The van der Waals surface area contributed by atoms with Crippen LogP contribution in [0.2, 0.25) is 0 Å². The summed E-state index contributed by atoms with van der Waals surface area (Å²) in [4.78, 5) is 19.0. The smallest absolute Gasteiger partial charge is 0.227 e. The number of carbonyl (C=O) groups is 1. The second-order valence-corrected chi connectivity index (χ2v) is 6.89. The van der Waals surface area contributed by atoms with Crippen molar-refractivity contribution in [2.75, 3.05) is 18.4 Å². The van der Waals surface area contributed by atoms with Gasteiger partial charge in [-0.2, -0.15) is 5.10 Å². The number of rotatable bonds is 5. The first-order valence-corrected chi connectivity index (χ1v) is 9.30. The number of nitrogens with one attached hydrogen (secondary N) is 1. The number of piperidine rings is 1. The zero-order valence-corrected chi connectivity index (χ0v) is 15.2. The molecule has 6 nitrogen and oxygen atoms in total. The average Bonchev–Trinajstić information content (AvgIpc) is 3.25. The van der Waals surface area contributed by atoms with E-state index in [2.05, 4.69) is 20.3 Å². The molecule has 1 aromatic carbocycles. The number of nitrogens with zero attached hydrogens (tertiary/aromatic N) is 4. The predicted octanol–water partition coefficient (Wildman–Crippen LogP) is 3.12. The van der Waals surface area contributed by atoms with Crippen molar-refractivity contribution in [3.63, 3.8) is 0 Å². The Morgan fingerprint density at radius 2 is 1.78 bits per heavy atom. The molecule has 138 valence electrons. The molecule has 0 saturated carbocycles. The Labute approximate surface area is 158 Å². The quantitative estimate of drug-likeness (QED) is 0.758. The number of anilines is 1. The van der Waals surface area contributed by atoms with Crippen LogP contribution in [0.25, 0.3) is 5.69 Å². The zero-order valence-electron chi connectivity index (χ0n) is 15.2. The number of hydrogen-bond acceptors (Lipinski definition) is 4. The highest BCUT2D eigenvalue weighted by Crippen LogP contribution is 2.21. The maximum Gasteiger partial charge on any atom is 0.227 e. The highest BCUT2D eigenvalue weighted by atomic mass is 16.1. The lowest BCUT2D eigenvalue weighted by molar-refractivity contribution is -0.121. The summed E-state index contributed by atoms with van der Waals surface area (Å²) in [6.07, 6.45) is 9.08. The third-order valence-electron chi connectivity index (χ3n) is 5.02. The van der Waals surface area contributed by atoms with Gasteiger partial charge in [0, 0.05) is 42.9 Å². The lowest BCUT2D eigenvalue weighted by Gasteiger charge is -2.31. The fourth-order valence-electron chi connectivity index (χ4n) is 3.46. The Morgan fingerprint density at radius 3 is 2.44 bits per heavy atom. The Morgan fingerprint density at radius 1 is 1.04 bits per heavy atom. The van der Waals surface area contributed by atoms with E-state index < -0.39 is 0 Å². The van der Waals surface area contributed by atoms with E-state index >= 15 is 0 Å². The molecule has 1 amide bonds. The number of hydrogen-bond donors (Lipinski definition) is 1. The van der Waals surface area contributed by atoms with Crippen LogP contribution in [0.3, 0.4) is 0 Å². The van der Waals surface area contributed by atoms with Gasteiger partial charge >= 0.3 is 0 Å². The molecule has 1 N–H and O–H groups in total. The Bertz CT molecular complexity index is 853. The first kappa shape index (κ1) is 17.4. The first-order valence-electron chi connectivity index (χ1n) is 9.30. The molecule has 0 aliphatic carbocycles. The van der Waals surface area contributed by atoms with Crippen LogP contribution in [0.5, 0.6) is 0 Å². The fourth-order valence-corrected chi connectivity index (χ4v) is 3.46. The first-order chi connectivity index (χ1) is 13.3. The van der Waals surface area contributed by atoms with Gasteiger partial charge in [-0.25, -0.2) is 4.68 Å². The summed E-state index contributed by atoms with van der Waals surface area (Å²) in [6.45, 7) is 2.81. The van der Waals surface area contributed by atoms with E-state index in [0.29, 0.717) is 0 Å². The van der Waals surface area contributed by atoms with Gasteiger partial charge in [-0.05, 0) is 74.0 Å². The highest BCUT2D eigenvalue weighted by molar-refractivity contribution is 5.92. The van der Waals surface area contributed by atoms with Crippen LogP contribution in [-0.2, 0) is 11.3 Å². The third kappa shape index (κ3) is 4.41. The molecule has 3 heterocycles. The van der Waals surface area contributed by atoms with E-state index in [1.165, 1.54) is 5.56 Å². The van der Waals surface area contributed by atoms with E-state index in [0.717, 1.165) is 43.9 Å². The van der Waals surface area contributed by atoms with Gasteiger partial charge in [0.25, 0.3) is 0 Å². The second-order valence-electron chi connectivity index (χ2n) is 6.89. The second kappa shape index (κ2) is 8.14. The molecule has 0 atom stereocenters. The molecule has 1 aliphatic rings. The summed E-state index contributed by atoms with van der Waals surface area (Å²) in [7, 11) is 0. The maximum atomic E-state index is 12.6. The number of benzene rings is 1. The minimum Gasteiger partial charge on any atom is -0.326 e. The lowest BCUT2D eigenvalue weighted by Crippen LogP contribution is -2.37. The standard InChI is InChI=1S/C21H23N5O/c27-21(24-19-2-4-20(5-3-19)26-13-1-10-23-26)18-8-14-25(15-9-18)16-17-6-11-22-12-7-17/h1-7,10-13,18H,8-9,14-16H2,(H,24,27). The van der Waals surface area contributed by atoms with Gasteiger partial charge in [0.05, 0.1) is 5.69 Å². The van der Waals surface area contributed by atoms with Crippen molar-refractivity contribution in [3.05, 3.63) is 72.8 Å². The fraction of sp³-hybridized carbons (Fsp3) is 0.286. The molecule has 0 bridgehead atoms. The van der Waals surface area contributed by atoms with E-state index in [9.17, 15) is 4.79 Å². The molecule has 1 fully saturated rings. The molecular formula is C21H23N5O. The molecule has 2 aromatic heterocycles. The SMILES string of the molecule is O=C(Nc1ccc(-n2cccn2)cc1)C1CCN(Cc2ccncc2)CC1. The van der Waals surface area contributed by atoms with Crippen molar-refractivity contribution < 1.29 is 4.79 Å². The van der Waals surface area contributed by atoms with Crippen LogP contribution in [0.1, 0.15) is 18.4 Å². The highest BCUT2D eigenvalue weighted by Gasteiger charge is 2.25. The summed E-state index contributed by atoms with van der Waals surface area (Å²) in [5.74, 6) is 0.190. The van der Waals surface area contributed by atoms with Crippen LogP contribution in [-0.4, -0.2) is 38.7 Å². The van der Waals surface area contributed by atoms with E-state index in [1.54, 1.807) is 10.9 Å². The molecule has 1 aliphatic heterocycles. The van der Waals surface area contributed by atoms with Gasteiger partial charge in [0.1, 0.15) is 0 Å². The van der Waals surface area contributed by atoms with Gasteiger partial charge < -0.3 is 5.32 Å². The van der Waals surface area contributed by atoms with E-state index in [4.69, 9.17) is 0 Å². The molecular weight excluding hydrogens is 338 g/mol. The number of pyridine rings is 1. The monoisotopic (exact) mass is 361 g/mol. The number of aromatic nitrogens is 3. The molecule has 0 unspecified atom stereocenters. The molecule has 3 aromatic rings. The van der Waals surface area contributed by atoms with Crippen molar-refractivity contribution >= 4 is 11.6 Å². The largest absolute Gasteiger partial charge is 0.326 e. The molecule has 0 radical (unpaired) electrons. The molecule has 6 heteroatoms. The Kier molecular flexibility index (Phi) is 5.25. The van der Waals surface area contributed by atoms with Gasteiger partial charge in [0.2, 0.25) is 5.91 Å². The molecule has 4 rings (SSSR count). The van der Waals surface area contributed by atoms with Crippen LogP contribution in [0.15, 0.2) is 67.3 Å². The van der Waals surface area contributed by atoms with Crippen molar-refractivity contribution in [2.24, 2.45) is 5.92 Å². The van der Waals surface area contributed by atoms with E-state index in [-0.39, 0.29) is 11.8 Å². The Hall–Kier alpha value is -2.99. The Balaban J connectivity index is 1.28. The summed E-state index contributed by atoms with van der Waals surface area (Å²) in [5.41, 5.74) is 3.07. The van der Waals surface area contributed by atoms with Crippen LogP contribution in [0.4, 0.5) is 5.69 Å². The van der Waals surface area contributed by atoms with Crippen LogP contribution in [0, 0.1) is 5.92 Å². The normalized spacial score (nSPS) is 15.6. The van der Waals surface area contributed by atoms with Crippen molar-refractivity contribution in [1.82, 2.24) is 19.7 Å². The van der Waals surface area contributed by atoms with Crippen LogP contribution < -0.4 is 5.32 Å². The van der Waals surface area contributed by atoms with Crippen molar-refractivity contribution in [2.45, 2.75) is 19.4 Å². The summed E-state index contributed by atoms with van der Waals surface area (Å²) < 4.78 is 1.80. The maximum absolute atomic E-state index is 12.6.